The first-order valence-corrected chi connectivity index (χ1v) is 12.7. The van der Waals surface area contributed by atoms with Gasteiger partial charge in [-0.05, 0) is 96.5 Å². The topological polar surface area (TPSA) is 55.4 Å². The smallest absolute Gasteiger partial charge is 0.231 e. The number of fused-ring (bicyclic) bond motifs is 1. The minimum atomic E-state index is 0.171. The maximum absolute atomic E-state index is 6.43. The van der Waals surface area contributed by atoms with Crippen molar-refractivity contribution in [1.29, 1.82) is 0 Å². The second kappa shape index (κ2) is 11.8. The molecule has 0 radical (unpaired) electrons. The molecule has 38 heavy (non-hydrogen) atoms. The number of hydrogen-bond donors (Lipinski definition) is 0. The Kier molecular flexibility index (Phi) is 7.88. The Bertz CT molecular complexity index is 1380. The Hall–Kier alpha value is -4.32. The molecule has 0 aliphatic carbocycles. The predicted octanol–water partition coefficient (Wildman–Crippen LogP) is 6.80. The van der Waals surface area contributed by atoms with Crippen LogP contribution in [0.4, 0.5) is 0 Å². The van der Waals surface area contributed by atoms with Gasteiger partial charge < -0.3 is 28.4 Å². The van der Waals surface area contributed by atoms with Crippen molar-refractivity contribution in [2.24, 2.45) is 0 Å². The van der Waals surface area contributed by atoms with Crippen LogP contribution in [0, 0.1) is 0 Å². The number of benzene rings is 4. The molecule has 0 amide bonds. The van der Waals surface area contributed by atoms with E-state index in [9.17, 15) is 0 Å². The number of aryl methyl sites for hydroxylation is 4. The highest BCUT2D eigenvalue weighted by atomic mass is 16.7. The van der Waals surface area contributed by atoms with Crippen molar-refractivity contribution < 1.29 is 28.4 Å². The summed E-state index contributed by atoms with van der Waals surface area (Å²) in [6.45, 7) is 0.171. The molecule has 196 valence electrons. The third kappa shape index (κ3) is 5.97. The molecule has 0 fully saturated rings. The number of rotatable bonds is 11. The van der Waals surface area contributed by atoms with Crippen LogP contribution in [-0.4, -0.2) is 28.1 Å². The summed E-state index contributed by atoms with van der Waals surface area (Å²) in [7, 11) is 5.01. The lowest BCUT2D eigenvalue weighted by atomic mass is 10.0. The zero-order valence-corrected chi connectivity index (χ0v) is 22.0. The summed E-state index contributed by atoms with van der Waals surface area (Å²) < 4.78 is 34.2. The lowest BCUT2D eigenvalue weighted by Gasteiger charge is -2.15. The summed E-state index contributed by atoms with van der Waals surface area (Å²) in [6, 6.07) is 26.4. The molecular formula is C32H32O6. The second-order valence-electron chi connectivity index (χ2n) is 9.11. The predicted molar refractivity (Wildman–Crippen MR) is 146 cm³/mol. The molecule has 0 unspecified atom stereocenters. The molecular weight excluding hydrogens is 480 g/mol. The summed E-state index contributed by atoms with van der Waals surface area (Å²) in [5.41, 5.74) is 4.70. The van der Waals surface area contributed by atoms with E-state index in [1.165, 1.54) is 11.1 Å². The summed E-state index contributed by atoms with van der Waals surface area (Å²) >= 11 is 0. The molecule has 0 saturated heterocycles. The van der Waals surface area contributed by atoms with E-state index in [0.29, 0.717) is 28.7 Å². The van der Waals surface area contributed by atoms with Crippen molar-refractivity contribution in [2.45, 2.75) is 25.7 Å². The third-order valence-corrected chi connectivity index (χ3v) is 6.64. The molecule has 1 aliphatic rings. The Morgan fingerprint density at radius 2 is 1.24 bits per heavy atom. The highest BCUT2D eigenvalue weighted by Gasteiger charge is 2.22. The first-order chi connectivity index (χ1) is 18.6. The van der Waals surface area contributed by atoms with E-state index >= 15 is 0 Å². The van der Waals surface area contributed by atoms with E-state index in [1.807, 2.05) is 48.5 Å². The van der Waals surface area contributed by atoms with E-state index in [-0.39, 0.29) is 6.79 Å². The summed E-state index contributed by atoms with van der Waals surface area (Å²) in [4.78, 5) is 0. The van der Waals surface area contributed by atoms with Crippen LogP contribution in [0.5, 0.6) is 40.2 Å². The summed E-state index contributed by atoms with van der Waals surface area (Å²) in [5, 5.41) is 0. The molecule has 4 aromatic rings. The van der Waals surface area contributed by atoms with Gasteiger partial charge in [-0.25, -0.2) is 0 Å². The standard InChI is InChI=1S/C32H32O6/c1-33-26-14-11-22(12-15-26)7-8-24-13-16-28(35-3)29(18-24)38-31-20-25(19-30-32(31)37-21-36-30)10-9-23-5-4-6-27(17-23)34-2/h4-6,11-20H,7-10,21H2,1-3H3. The van der Waals surface area contributed by atoms with E-state index in [0.717, 1.165) is 48.3 Å². The van der Waals surface area contributed by atoms with Gasteiger partial charge >= 0.3 is 0 Å². The average molecular weight is 513 g/mol. The number of methoxy groups -OCH3 is 3. The van der Waals surface area contributed by atoms with Gasteiger partial charge in [0.15, 0.2) is 23.0 Å². The Balaban J connectivity index is 1.34. The number of ether oxygens (including phenoxy) is 6. The van der Waals surface area contributed by atoms with Crippen LogP contribution in [0.2, 0.25) is 0 Å². The van der Waals surface area contributed by atoms with Crippen LogP contribution >= 0.6 is 0 Å². The van der Waals surface area contributed by atoms with Crippen molar-refractivity contribution in [1.82, 2.24) is 0 Å². The molecule has 0 saturated carbocycles. The normalized spacial score (nSPS) is 11.8. The molecule has 0 bridgehead atoms. The average Bonchev–Trinajstić information content (AvgIpc) is 3.45. The van der Waals surface area contributed by atoms with Gasteiger partial charge in [0.2, 0.25) is 12.5 Å². The van der Waals surface area contributed by atoms with Crippen molar-refractivity contribution in [3.63, 3.8) is 0 Å². The zero-order chi connectivity index (χ0) is 26.3. The van der Waals surface area contributed by atoms with Crippen LogP contribution in [0.3, 0.4) is 0 Å². The molecule has 1 heterocycles. The van der Waals surface area contributed by atoms with Gasteiger partial charge in [-0.3, -0.25) is 0 Å². The largest absolute Gasteiger partial charge is 0.497 e. The summed E-state index contributed by atoms with van der Waals surface area (Å²) in [5.74, 6) is 4.94. The quantitative estimate of drug-likeness (QED) is 0.220. The minimum Gasteiger partial charge on any atom is -0.497 e. The van der Waals surface area contributed by atoms with Gasteiger partial charge in [-0.2, -0.15) is 0 Å². The van der Waals surface area contributed by atoms with Gasteiger partial charge in [0, 0.05) is 0 Å². The molecule has 0 N–H and O–H groups in total. The van der Waals surface area contributed by atoms with Crippen molar-refractivity contribution in [2.75, 3.05) is 28.1 Å². The van der Waals surface area contributed by atoms with Crippen molar-refractivity contribution in [3.8, 4) is 40.2 Å². The van der Waals surface area contributed by atoms with E-state index in [1.54, 1.807) is 21.3 Å². The Morgan fingerprint density at radius 3 is 2.00 bits per heavy atom. The fourth-order valence-electron chi connectivity index (χ4n) is 4.52. The fourth-order valence-corrected chi connectivity index (χ4v) is 4.52. The Morgan fingerprint density at radius 1 is 0.553 bits per heavy atom. The van der Waals surface area contributed by atoms with E-state index < -0.39 is 0 Å². The zero-order valence-electron chi connectivity index (χ0n) is 22.0. The number of hydrogen-bond acceptors (Lipinski definition) is 6. The van der Waals surface area contributed by atoms with Crippen LogP contribution in [0.1, 0.15) is 22.3 Å². The van der Waals surface area contributed by atoms with Gasteiger partial charge in [0.25, 0.3) is 0 Å². The molecule has 6 heteroatoms. The Labute approximate surface area is 223 Å². The monoisotopic (exact) mass is 512 g/mol. The molecule has 1 aliphatic heterocycles. The van der Waals surface area contributed by atoms with Crippen LogP contribution in [0.15, 0.2) is 78.9 Å². The maximum atomic E-state index is 6.43. The molecule has 4 aromatic carbocycles. The lowest BCUT2D eigenvalue weighted by molar-refractivity contribution is 0.171. The van der Waals surface area contributed by atoms with E-state index in [4.69, 9.17) is 28.4 Å². The summed E-state index contributed by atoms with van der Waals surface area (Å²) in [6.07, 6.45) is 3.45. The molecule has 0 aromatic heterocycles. The lowest BCUT2D eigenvalue weighted by Crippen LogP contribution is -1.97. The van der Waals surface area contributed by atoms with Crippen LogP contribution in [-0.2, 0) is 25.7 Å². The molecule has 5 rings (SSSR count). The molecule has 6 nitrogen and oxygen atoms in total. The molecule has 0 atom stereocenters. The first-order valence-electron chi connectivity index (χ1n) is 12.7. The van der Waals surface area contributed by atoms with E-state index in [2.05, 4.69) is 30.3 Å². The highest BCUT2D eigenvalue weighted by molar-refractivity contribution is 5.58. The van der Waals surface area contributed by atoms with Gasteiger partial charge in [-0.15, -0.1) is 0 Å². The fraction of sp³-hybridized carbons (Fsp3) is 0.250. The SMILES string of the molecule is COc1ccc(CCc2ccc(OC)c(Oc3cc(CCc4cccc(OC)c4)cc4c3OCO4)c2)cc1. The van der Waals surface area contributed by atoms with Crippen LogP contribution in [0.25, 0.3) is 0 Å². The first kappa shape index (κ1) is 25.3. The van der Waals surface area contributed by atoms with Crippen LogP contribution < -0.4 is 28.4 Å². The highest BCUT2D eigenvalue weighted by Crippen LogP contribution is 2.45. The van der Waals surface area contributed by atoms with Crippen molar-refractivity contribution >= 4 is 0 Å². The van der Waals surface area contributed by atoms with Gasteiger partial charge in [0.1, 0.15) is 11.5 Å². The minimum absolute atomic E-state index is 0.171. The maximum Gasteiger partial charge on any atom is 0.231 e. The van der Waals surface area contributed by atoms with Gasteiger partial charge in [-0.1, -0.05) is 30.3 Å². The van der Waals surface area contributed by atoms with Crippen molar-refractivity contribution in [3.05, 3.63) is 101 Å². The second-order valence-corrected chi connectivity index (χ2v) is 9.11. The third-order valence-electron chi connectivity index (χ3n) is 6.64. The molecule has 0 spiro atoms. The van der Waals surface area contributed by atoms with Gasteiger partial charge in [0.05, 0.1) is 21.3 Å².